The number of nitrogens with one attached hydrogen (secondary N) is 2. The van der Waals surface area contributed by atoms with E-state index in [9.17, 15) is 4.39 Å². The Morgan fingerprint density at radius 2 is 1.80 bits per heavy atom. The first-order valence-corrected chi connectivity index (χ1v) is 8.53. The van der Waals surface area contributed by atoms with Gasteiger partial charge in [-0.1, -0.05) is 46.3 Å². The fraction of sp³-hybridized carbons (Fsp3) is 0.111. The van der Waals surface area contributed by atoms with Crippen LogP contribution in [0.4, 0.5) is 27.4 Å². The lowest BCUT2D eigenvalue weighted by atomic mass is 10.1. The van der Waals surface area contributed by atoms with Crippen molar-refractivity contribution in [1.29, 1.82) is 0 Å². The Kier molecular flexibility index (Phi) is 5.45. The molecule has 0 aliphatic carbocycles. The number of nitrogens with two attached hydrogens (primary N) is 1. The molecule has 0 spiro atoms. The lowest BCUT2D eigenvalue weighted by molar-refractivity contribution is 0.631. The molecule has 5 nitrogen and oxygen atoms in total. The minimum atomic E-state index is -0.397. The Balaban J connectivity index is 1.69. The van der Waals surface area contributed by atoms with E-state index in [1.54, 1.807) is 12.1 Å². The molecule has 0 amide bonds. The summed E-state index contributed by atoms with van der Waals surface area (Å²) in [4.78, 5) is 8.26. The molecular weight excluding hydrogens is 385 g/mol. The molecule has 0 aliphatic heterocycles. The fourth-order valence-electron chi connectivity index (χ4n) is 2.32. The topological polar surface area (TPSA) is 75.9 Å². The normalized spacial score (nSPS) is 10.5. The zero-order chi connectivity index (χ0) is 17.6. The minimum Gasteiger partial charge on any atom is -0.393 e. The van der Waals surface area contributed by atoms with E-state index in [0.717, 1.165) is 6.42 Å². The number of rotatable bonds is 6. The van der Waals surface area contributed by atoms with Crippen LogP contribution in [0.25, 0.3) is 0 Å². The van der Waals surface area contributed by atoms with E-state index in [-0.39, 0.29) is 0 Å². The first-order valence-electron chi connectivity index (χ1n) is 7.74. The Hall–Kier alpha value is -2.67. The molecule has 4 N–H and O–H groups in total. The predicted molar refractivity (Wildman–Crippen MR) is 102 cm³/mol. The Labute approximate surface area is 153 Å². The van der Waals surface area contributed by atoms with Crippen molar-refractivity contribution in [3.05, 3.63) is 70.7 Å². The third kappa shape index (κ3) is 4.45. The van der Waals surface area contributed by atoms with Gasteiger partial charge in [-0.25, -0.2) is 14.4 Å². The molecule has 25 heavy (non-hydrogen) atoms. The van der Waals surface area contributed by atoms with Crippen LogP contribution >= 0.6 is 15.9 Å². The molecule has 0 unspecified atom stereocenters. The minimum absolute atomic E-state index is 0.295. The SMILES string of the molecule is Nc1c(NCCc2ccccc2)ncnc1Nc1ccc(Br)cc1F. The van der Waals surface area contributed by atoms with E-state index in [1.807, 2.05) is 18.2 Å². The van der Waals surface area contributed by atoms with Crippen molar-refractivity contribution >= 4 is 38.9 Å². The van der Waals surface area contributed by atoms with Crippen LogP contribution in [0.15, 0.2) is 59.3 Å². The van der Waals surface area contributed by atoms with Gasteiger partial charge in [-0.3, -0.25) is 0 Å². The summed E-state index contributed by atoms with van der Waals surface area (Å²) in [5, 5.41) is 6.10. The summed E-state index contributed by atoms with van der Waals surface area (Å²) < 4.78 is 14.6. The summed E-state index contributed by atoms with van der Waals surface area (Å²) in [5.41, 5.74) is 7.97. The van der Waals surface area contributed by atoms with Crippen molar-refractivity contribution in [2.24, 2.45) is 0 Å². The Bertz CT molecular complexity index is 857. The van der Waals surface area contributed by atoms with Crippen LogP contribution in [-0.2, 0) is 6.42 Å². The van der Waals surface area contributed by atoms with Gasteiger partial charge in [0.2, 0.25) is 0 Å². The average Bonchev–Trinajstić information content (AvgIpc) is 2.61. The average molecular weight is 402 g/mol. The van der Waals surface area contributed by atoms with E-state index in [4.69, 9.17) is 5.73 Å². The van der Waals surface area contributed by atoms with Gasteiger partial charge in [0.15, 0.2) is 11.6 Å². The molecule has 7 heteroatoms. The van der Waals surface area contributed by atoms with Crippen molar-refractivity contribution in [3.63, 3.8) is 0 Å². The van der Waals surface area contributed by atoms with Gasteiger partial charge in [-0.15, -0.1) is 0 Å². The number of aromatic nitrogens is 2. The van der Waals surface area contributed by atoms with Crippen LogP contribution < -0.4 is 16.4 Å². The van der Waals surface area contributed by atoms with E-state index in [0.29, 0.717) is 34.0 Å². The van der Waals surface area contributed by atoms with Crippen molar-refractivity contribution in [1.82, 2.24) is 9.97 Å². The molecular formula is C18H17BrFN5. The third-order valence-corrected chi connectivity index (χ3v) is 4.11. The van der Waals surface area contributed by atoms with Crippen LogP contribution in [0.3, 0.4) is 0 Å². The standard InChI is InChI=1S/C18H17BrFN5/c19-13-6-7-15(14(20)10-13)25-18-16(21)17(23-11-24-18)22-9-8-12-4-2-1-3-5-12/h1-7,10-11H,8-9,21H2,(H2,22,23,24,25). The number of hydrogen-bond donors (Lipinski definition) is 3. The molecule has 0 radical (unpaired) electrons. The molecule has 0 bridgehead atoms. The molecule has 0 saturated carbocycles. The quantitative estimate of drug-likeness (QED) is 0.571. The van der Waals surface area contributed by atoms with E-state index in [2.05, 4.69) is 48.7 Å². The fourth-order valence-corrected chi connectivity index (χ4v) is 2.66. The van der Waals surface area contributed by atoms with Gasteiger partial charge in [0.05, 0.1) is 5.69 Å². The maximum atomic E-state index is 14.0. The van der Waals surface area contributed by atoms with Crippen LogP contribution in [0.2, 0.25) is 0 Å². The molecule has 0 fully saturated rings. The molecule has 0 saturated heterocycles. The number of halogens is 2. The maximum Gasteiger partial charge on any atom is 0.159 e. The first-order chi connectivity index (χ1) is 12.1. The lowest BCUT2D eigenvalue weighted by Crippen LogP contribution is -2.11. The van der Waals surface area contributed by atoms with Gasteiger partial charge in [-0.05, 0) is 30.2 Å². The maximum absolute atomic E-state index is 14.0. The highest BCUT2D eigenvalue weighted by Crippen LogP contribution is 2.28. The highest BCUT2D eigenvalue weighted by Gasteiger charge is 2.10. The van der Waals surface area contributed by atoms with Crippen LogP contribution in [-0.4, -0.2) is 16.5 Å². The molecule has 3 aromatic rings. The highest BCUT2D eigenvalue weighted by atomic mass is 79.9. The summed E-state index contributed by atoms with van der Waals surface area (Å²) in [7, 11) is 0. The van der Waals surface area contributed by atoms with E-state index in [1.165, 1.54) is 18.0 Å². The summed E-state index contributed by atoms with van der Waals surface area (Å²) >= 11 is 3.23. The third-order valence-electron chi connectivity index (χ3n) is 3.62. The Morgan fingerprint density at radius 1 is 1.04 bits per heavy atom. The molecule has 3 rings (SSSR count). The monoisotopic (exact) mass is 401 g/mol. The molecule has 1 heterocycles. The van der Waals surface area contributed by atoms with Crippen molar-refractivity contribution in [2.45, 2.75) is 6.42 Å². The number of hydrogen-bond acceptors (Lipinski definition) is 5. The molecule has 2 aromatic carbocycles. The van der Waals surface area contributed by atoms with Gasteiger partial charge in [0.25, 0.3) is 0 Å². The number of nitrogen functional groups attached to an aromatic ring is 1. The first kappa shape index (κ1) is 17.2. The predicted octanol–water partition coefficient (Wildman–Crippen LogP) is 4.36. The van der Waals surface area contributed by atoms with Gasteiger partial charge in [0.1, 0.15) is 17.8 Å². The molecule has 128 valence electrons. The number of anilines is 4. The smallest absolute Gasteiger partial charge is 0.159 e. The van der Waals surface area contributed by atoms with Crippen molar-refractivity contribution < 1.29 is 4.39 Å². The van der Waals surface area contributed by atoms with E-state index >= 15 is 0 Å². The summed E-state index contributed by atoms with van der Waals surface area (Å²) in [6, 6.07) is 14.8. The van der Waals surface area contributed by atoms with Gasteiger partial charge < -0.3 is 16.4 Å². The lowest BCUT2D eigenvalue weighted by Gasteiger charge is -2.13. The van der Waals surface area contributed by atoms with Crippen molar-refractivity contribution in [2.75, 3.05) is 22.9 Å². The molecule has 0 aliphatic rings. The van der Waals surface area contributed by atoms with E-state index < -0.39 is 5.82 Å². The number of nitrogens with zero attached hydrogens (tertiary/aromatic N) is 2. The Morgan fingerprint density at radius 3 is 2.56 bits per heavy atom. The molecule has 1 aromatic heterocycles. The van der Waals surface area contributed by atoms with Gasteiger partial charge in [-0.2, -0.15) is 0 Å². The van der Waals surface area contributed by atoms with Crippen molar-refractivity contribution in [3.8, 4) is 0 Å². The van der Waals surface area contributed by atoms with Crippen LogP contribution in [0.5, 0.6) is 0 Å². The summed E-state index contributed by atoms with van der Waals surface area (Å²) in [5.74, 6) is 0.482. The van der Waals surface area contributed by atoms with Crippen LogP contribution in [0, 0.1) is 5.82 Å². The highest BCUT2D eigenvalue weighted by molar-refractivity contribution is 9.10. The van der Waals surface area contributed by atoms with Gasteiger partial charge in [0, 0.05) is 11.0 Å². The largest absolute Gasteiger partial charge is 0.393 e. The number of benzene rings is 2. The van der Waals surface area contributed by atoms with Crippen LogP contribution in [0.1, 0.15) is 5.56 Å². The zero-order valence-electron chi connectivity index (χ0n) is 13.3. The second-order valence-electron chi connectivity index (χ2n) is 5.40. The summed E-state index contributed by atoms with van der Waals surface area (Å²) in [6.07, 6.45) is 2.23. The van der Waals surface area contributed by atoms with Gasteiger partial charge >= 0.3 is 0 Å². The molecule has 0 atom stereocenters. The second-order valence-corrected chi connectivity index (χ2v) is 6.31. The second kappa shape index (κ2) is 7.94. The zero-order valence-corrected chi connectivity index (χ0v) is 14.9. The summed E-state index contributed by atoms with van der Waals surface area (Å²) in [6.45, 7) is 0.678.